The van der Waals surface area contributed by atoms with Crippen LogP contribution in [0.15, 0.2) is 30.5 Å². The van der Waals surface area contributed by atoms with Crippen LogP contribution in [-0.2, 0) is 0 Å². The molecule has 0 aliphatic rings. The average Bonchev–Trinajstić information content (AvgIpc) is 3.03. The molecule has 5 nitrogen and oxygen atoms in total. The van der Waals surface area contributed by atoms with Crippen molar-refractivity contribution in [1.29, 1.82) is 0 Å². The summed E-state index contributed by atoms with van der Waals surface area (Å²) in [5, 5.41) is 8.16. The highest BCUT2D eigenvalue weighted by Gasteiger charge is 2.11. The van der Waals surface area contributed by atoms with Crippen molar-refractivity contribution >= 4 is 33.1 Å². The summed E-state index contributed by atoms with van der Waals surface area (Å²) in [6, 6.07) is 7.69. The minimum absolute atomic E-state index is 0.199. The van der Waals surface area contributed by atoms with Gasteiger partial charge in [0, 0.05) is 17.9 Å². The van der Waals surface area contributed by atoms with Gasteiger partial charge >= 0.3 is 0 Å². The number of carbonyl (C=O) groups excluding carboxylic acids is 1. The molecule has 3 rings (SSSR count). The van der Waals surface area contributed by atoms with E-state index < -0.39 is 0 Å². The van der Waals surface area contributed by atoms with Crippen LogP contribution in [0.25, 0.3) is 10.2 Å². The maximum atomic E-state index is 12.2. The number of nitrogens with one attached hydrogen (secondary N) is 1. The van der Waals surface area contributed by atoms with Gasteiger partial charge in [0.05, 0.1) is 15.2 Å². The van der Waals surface area contributed by atoms with Crippen molar-refractivity contribution in [1.82, 2.24) is 14.8 Å². The van der Waals surface area contributed by atoms with E-state index in [1.165, 1.54) is 0 Å². The molecule has 1 N–H and O–H groups in total. The van der Waals surface area contributed by atoms with E-state index in [2.05, 4.69) is 15.4 Å². The number of aromatic nitrogens is 3. The molecular formula is C15H16N4OS. The first kappa shape index (κ1) is 13.8. The molecule has 1 amide bonds. The number of anilines is 1. The molecule has 2 aromatic heterocycles. The van der Waals surface area contributed by atoms with Crippen molar-refractivity contribution < 1.29 is 4.79 Å². The second-order valence-electron chi connectivity index (χ2n) is 5.14. The zero-order valence-electron chi connectivity index (χ0n) is 12.1. The molecule has 21 heavy (non-hydrogen) atoms. The fourth-order valence-corrected chi connectivity index (χ4v) is 2.93. The summed E-state index contributed by atoms with van der Waals surface area (Å²) in [6.45, 7) is 6.02. The Morgan fingerprint density at radius 2 is 2.14 bits per heavy atom. The third kappa shape index (κ3) is 2.80. The van der Waals surface area contributed by atoms with E-state index in [0.29, 0.717) is 5.69 Å². The van der Waals surface area contributed by atoms with E-state index in [1.54, 1.807) is 22.1 Å². The minimum Gasteiger partial charge on any atom is -0.321 e. The Morgan fingerprint density at radius 1 is 1.33 bits per heavy atom. The largest absolute Gasteiger partial charge is 0.321 e. The number of hydrogen-bond acceptors (Lipinski definition) is 4. The van der Waals surface area contributed by atoms with Gasteiger partial charge in [0.2, 0.25) is 0 Å². The van der Waals surface area contributed by atoms with Gasteiger partial charge in [-0.15, -0.1) is 11.3 Å². The van der Waals surface area contributed by atoms with Crippen LogP contribution in [-0.4, -0.2) is 20.7 Å². The summed E-state index contributed by atoms with van der Waals surface area (Å²) >= 11 is 1.62. The van der Waals surface area contributed by atoms with Crippen LogP contribution in [0.3, 0.4) is 0 Å². The van der Waals surface area contributed by atoms with Gasteiger partial charge in [-0.1, -0.05) is 0 Å². The Labute approximate surface area is 126 Å². The molecule has 0 bridgehead atoms. The molecular weight excluding hydrogens is 284 g/mol. The van der Waals surface area contributed by atoms with Gasteiger partial charge < -0.3 is 5.32 Å². The molecule has 0 spiro atoms. The standard InChI is InChI=1S/C15H16N4OS/c1-9(2)19-7-6-13(18-19)15(20)17-11-4-5-12-14(8-11)21-10(3)16-12/h4-9H,1-3H3,(H,17,20). The van der Waals surface area contributed by atoms with Gasteiger partial charge in [0.1, 0.15) is 0 Å². The molecule has 0 fully saturated rings. The van der Waals surface area contributed by atoms with E-state index in [0.717, 1.165) is 20.9 Å². The summed E-state index contributed by atoms with van der Waals surface area (Å²) in [7, 11) is 0. The maximum Gasteiger partial charge on any atom is 0.276 e. The Bertz CT molecular complexity index is 803. The Hall–Kier alpha value is -2.21. The zero-order chi connectivity index (χ0) is 15.0. The summed E-state index contributed by atoms with van der Waals surface area (Å²) in [6.07, 6.45) is 1.81. The molecule has 3 aromatic rings. The highest BCUT2D eigenvalue weighted by Crippen LogP contribution is 2.24. The van der Waals surface area contributed by atoms with Crippen LogP contribution < -0.4 is 5.32 Å². The zero-order valence-corrected chi connectivity index (χ0v) is 12.9. The van der Waals surface area contributed by atoms with Crippen LogP contribution in [0.4, 0.5) is 5.69 Å². The number of nitrogens with zero attached hydrogens (tertiary/aromatic N) is 3. The fraction of sp³-hybridized carbons (Fsp3) is 0.267. The maximum absolute atomic E-state index is 12.2. The van der Waals surface area contributed by atoms with Crippen molar-refractivity contribution in [3.63, 3.8) is 0 Å². The van der Waals surface area contributed by atoms with E-state index in [1.807, 2.05) is 45.2 Å². The molecule has 1 aromatic carbocycles. The first-order chi connectivity index (χ1) is 10.0. The number of amides is 1. The molecule has 6 heteroatoms. The van der Waals surface area contributed by atoms with Crippen molar-refractivity contribution in [2.75, 3.05) is 5.32 Å². The second-order valence-corrected chi connectivity index (χ2v) is 6.38. The van der Waals surface area contributed by atoms with E-state index in [-0.39, 0.29) is 11.9 Å². The Balaban J connectivity index is 1.81. The number of carbonyl (C=O) groups is 1. The molecule has 0 saturated carbocycles. The van der Waals surface area contributed by atoms with Crippen LogP contribution in [0.1, 0.15) is 35.4 Å². The van der Waals surface area contributed by atoms with Gasteiger partial charge in [-0.3, -0.25) is 9.48 Å². The molecule has 0 radical (unpaired) electrons. The normalized spacial score (nSPS) is 11.2. The van der Waals surface area contributed by atoms with Crippen LogP contribution in [0, 0.1) is 6.92 Å². The molecule has 0 saturated heterocycles. The number of rotatable bonds is 3. The fourth-order valence-electron chi connectivity index (χ4n) is 2.06. The van der Waals surface area contributed by atoms with Gasteiger partial charge in [-0.05, 0) is 45.0 Å². The van der Waals surface area contributed by atoms with Crippen molar-refractivity contribution in [3.8, 4) is 0 Å². The molecule has 108 valence electrons. The van der Waals surface area contributed by atoms with Gasteiger partial charge in [-0.25, -0.2) is 4.98 Å². The van der Waals surface area contributed by atoms with Crippen LogP contribution in [0.5, 0.6) is 0 Å². The third-order valence-corrected chi connectivity index (χ3v) is 4.06. The van der Waals surface area contributed by atoms with Crippen molar-refractivity contribution in [3.05, 3.63) is 41.2 Å². The quantitative estimate of drug-likeness (QED) is 0.803. The highest BCUT2D eigenvalue weighted by atomic mass is 32.1. The predicted molar refractivity (Wildman–Crippen MR) is 84.9 cm³/mol. The van der Waals surface area contributed by atoms with Crippen molar-refractivity contribution in [2.24, 2.45) is 0 Å². The van der Waals surface area contributed by atoms with E-state index in [9.17, 15) is 4.79 Å². The molecule has 0 aliphatic heterocycles. The van der Waals surface area contributed by atoms with E-state index in [4.69, 9.17) is 0 Å². The summed E-state index contributed by atoms with van der Waals surface area (Å²) < 4.78 is 2.84. The lowest BCUT2D eigenvalue weighted by atomic mass is 10.3. The Morgan fingerprint density at radius 3 is 2.86 bits per heavy atom. The highest BCUT2D eigenvalue weighted by molar-refractivity contribution is 7.18. The topological polar surface area (TPSA) is 59.8 Å². The number of aryl methyl sites for hydroxylation is 1. The molecule has 2 heterocycles. The first-order valence-electron chi connectivity index (χ1n) is 6.76. The minimum atomic E-state index is -0.199. The first-order valence-corrected chi connectivity index (χ1v) is 7.58. The average molecular weight is 300 g/mol. The predicted octanol–water partition coefficient (Wildman–Crippen LogP) is 3.63. The van der Waals surface area contributed by atoms with Crippen molar-refractivity contribution in [2.45, 2.75) is 26.8 Å². The van der Waals surface area contributed by atoms with Crippen LogP contribution >= 0.6 is 11.3 Å². The second kappa shape index (κ2) is 5.29. The molecule has 0 atom stereocenters. The van der Waals surface area contributed by atoms with E-state index >= 15 is 0 Å². The molecule has 0 aliphatic carbocycles. The third-order valence-electron chi connectivity index (χ3n) is 3.12. The van der Waals surface area contributed by atoms with Gasteiger partial charge in [0.15, 0.2) is 5.69 Å². The monoisotopic (exact) mass is 300 g/mol. The lowest BCUT2D eigenvalue weighted by Gasteiger charge is -2.05. The Kier molecular flexibility index (Phi) is 3.47. The summed E-state index contributed by atoms with van der Waals surface area (Å²) in [4.78, 5) is 16.6. The SMILES string of the molecule is Cc1nc2ccc(NC(=O)c3ccn(C(C)C)n3)cc2s1. The lowest BCUT2D eigenvalue weighted by Crippen LogP contribution is -2.13. The van der Waals surface area contributed by atoms with Gasteiger partial charge in [-0.2, -0.15) is 5.10 Å². The molecule has 0 unspecified atom stereocenters. The number of fused-ring (bicyclic) bond motifs is 1. The number of thiazole rings is 1. The number of benzene rings is 1. The smallest absolute Gasteiger partial charge is 0.276 e. The summed E-state index contributed by atoms with van der Waals surface area (Å²) in [5.74, 6) is -0.199. The lowest BCUT2D eigenvalue weighted by molar-refractivity contribution is 0.102. The summed E-state index contributed by atoms with van der Waals surface area (Å²) in [5.41, 5.74) is 2.14. The number of hydrogen-bond donors (Lipinski definition) is 1. The van der Waals surface area contributed by atoms with Gasteiger partial charge in [0.25, 0.3) is 5.91 Å². The van der Waals surface area contributed by atoms with Crippen LogP contribution in [0.2, 0.25) is 0 Å².